The summed E-state index contributed by atoms with van der Waals surface area (Å²) >= 11 is 6.72. The molecule has 2 aromatic rings. The van der Waals surface area contributed by atoms with Crippen LogP contribution >= 0.6 is 23.4 Å². The zero-order valence-electron chi connectivity index (χ0n) is 16.4. The summed E-state index contributed by atoms with van der Waals surface area (Å²) in [6.07, 6.45) is 0.405. The molecular formula is C21H17ClFNO6S. The van der Waals surface area contributed by atoms with E-state index in [-0.39, 0.29) is 33.5 Å². The molecule has 1 atom stereocenters. The van der Waals surface area contributed by atoms with Gasteiger partial charge in [0.1, 0.15) is 5.82 Å². The second kappa shape index (κ2) is 9.40. The number of imide groups is 1. The van der Waals surface area contributed by atoms with Crippen molar-refractivity contribution >= 4 is 46.6 Å². The predicted molar refractivity (Wildman–Crippen MR) is 114 cm³/mol. The molecule has 2 aromatic carbocycles. The van der Waals surface area contributed by atoms with Gasteiger partial charge in [0.05, 0.1) is 18.6 Å². The first-order chi connectivity index (χ1) is 14.7. The minimum Gasteiger partial charge on any atom is -0.493 e. The average molecular weight is 466 g/mol. The molecule has 0 bridgehead atoms. The van der Waals surface area contributed by atoms with Crippen molar-refractivity contribution in [3.63, 3.8) is 0 Å². The minimum absolute atomic E-state index is 0.0587. The number of carboxylic acid groups (broad SMARTS) is 1. The number of methoxy groups -OCH3 is 1. The summed E-state index contributed by atoms with van der Waals surface area (Å²) in [6, 6.07) is 8.77. The van der Waals surface area contributed by atoms with Gasteiger partial charge >= 0.3 is 5.97 Å². The Morgan fingerprint density at radius 1 is 1.29 bits per heavy atom. The summed E-state index contributed by atoms with van der Waals surface area (Å²) in [5.41, 5.74) is 0.588. The zero-order chi connectivity index (χ0) is 22.7. The predicted octanol–water partition coefficient (Wildman–Crippen LogP) is 4.58. The van der Waals surface area contributed by atoms with E-state index >= 15 is 0 Å². The van der Waals surface area contributed by atoms with Gasteiger partial charge in [-0.25, -0.2) is 9.18 Å². The highest BCUT2D eigenvalue weighted by Crippen LogP contribution is 2.36. The van der Waals surface area contributed by atoms with Crippen LogP contribution in [0.2, 0.25) is 5.02 Å². The van der Waals surface area contributed by atoms with E-state index in [1.54, 1.807) is 12.1 Å². The van der Waals surface area contributed by atoms with Gasteiger partial charge in [0, 0.05) is 10.6 Å². The summed E-state index contributed by atoms with van der Waals surface area (Å²) in [4.78, 5) is 37.1. The average Bonchev–Trinajstić information content (AvgIpc) is 2.98. The van der Waals surface area contributed by atoms with Crippen molar-refractivity contribution in [3.05, 3.63) is 63.3 Å². The van der Waals surface area contributed by atoms with E-state index < -0.39 is 29.0 Å². The van der Waals surface area contributed by atoms with Crippen LogP contribution in [0, 0.1) is 5.82 Å². The molecule has 0 spiro atoms. The number of amides is 2. The lowest BCUT2D eigenvalue weighted by atomic mass is 10.1. The van der Waals surface area contributed by atoms with Gasteiger partial charge in [-0.3, -0.25) is 14.5 Å². The minimum atomic E-state index is -1.13. The molecule has 1 N–H and O–H groups in total. The lowest BCUT2D eigenvalue weighted by Gasteiger charge is -2.14. The molecule has 1 fully saturated rings. The van der Waals surface area contributed by atoms with E-state index in [0.29, 0.717) is 5.56 Å². The van der Waals surface area contributed by atoms with Gasteiger partial charge in [0.25, 0.3) is 11.1 Å². The van der Waals surface area contributed by atoms with Crippen molar-refractivity contribution in [2.45, 2.75) is 19.6 Å². The molecule has 0 aliphatic carbocycles. The van der Waals surface area contributed by atoms with Crippen LogP contribution in [0.1, 0.15) is 18.1 Å². The summed E-state index contributed by atoms with van der Waals surface area (Å²) < 4.78 is 24.6. The van der Waals surface area contributed by atoms with Crippen LogP contribution in [0.15, 0.2) is 41.3 Å². The second-order valence-electron chi connectivity index (χ2n) is 6.48. The first-order valence-electron chi connectivity index (χ1n) is 8.97. The number of halogens is 2. The summed E-state index contributed by atoms with van der Waals surface area (Å²) in [5.74, 6) is -1.83. The normalized spacial score (nSPS) is 16.0. The number of carbonyl (C=O) groups excluding carboxylic acids is 2. The van der Waals surface area contributed by atoms with E-state index in [2.05, 4.69) is 0 Å². The molecule has 1 aliphatic heterocycles. The van der Waals surface area contributed by atoms with Crippen molar-refractivity contribution in [2.75, 3.05) is 7.11 Å². The summed E-state index contributed by atoms with van der Waals surface area (Å²) in [5, 5.41) is 8.57. The molecule has 0 radical (unpaired) electrons. The maximum absolute atomic E-state index is 14.0. The van der Waals surface area contributed by atoms with Crippen LogP contribution < -0.4 is 9.47 Å². The largest absolute Gasteiger partial charge is 0.493 e. The fourth-order valence-corrected chi connectivity index (χ4v) is 3.80. The van der Waals surface area contributed by atoms with E-state index in [1.807, 2.05) is 0 Å². The third-order valence-electron chi connectivity index (χ3n) is 4.39. The monoisotopic (exact) mass is 465 g/mol. The third kappa shape index (κ3) is 5.00. The van der Waals surface area contributed by atoms with Crippen molar-refractivity contribution in [1.82, 2.24) is 4.90 Å². The van der Waals surface area contributed by atoms with Gasteiger partial charge in [-0.05, 0) is 54.6 Å². The highest BCUT2D eigenvalue weighted by atomic mass is 35.5. The molecule has 2 amide bonds. The Balaban J connectivity index is 1.83. The quantitative estimate of drug-likeness (QED) is 0.598. The molecule has 3 rings (SSSR count). The Morgan fingerprint density at radius 2 is 2.03 bits per heavy atom. The van der Waals surface area contributed by atoms with Crippen LogP contribution in [0.25, 0.3) is 6.08 Å². The standard InChI is InChI=1S/C21H17ClFNO6S/c1-11(20(26)27)30-16-7-6-12(8-17(16)29-2)9-18-19(25)24(21(28)31-18)10-13-14(22)4-3-5-15(13)23/h3-9,11H,10H2,1-2H3,(H,26,27)/b18-9+. The van der Waals surface area contributed by atoms with Crippen molar-refractivity contribution in [1.29, 1.82) is 0 Å². The van der Waals surface area contributed by atoms with E-state index in [4.69, 9.17) is 26.2 Å². The van der Waals surface area contributed by atoms with Crippen molar-refractivity contribution in [2.24, 2.45) is 0 Å². The molecule has 1 saturated heterocycles. The fraction of sp³-hybridized carbons (Fsp3) is 0.190. The number of hydrogen-bond acceptors (Lipinski definition) is 6. The Kier molecular flexibility index (Phi) is 6.87. The van der Waals surface area contributed by atoms with Gasteiger partial charge in [0.15, 0.2) is 17.6 Å². The molecule has 0 saturated carbocycles. The van der Waals surface area contributed by atoms with Gasteiger partial charge in [-0.2, -0.15) is 0 Å². The number of nitrogens with zero attached hydrogens (tertiary/aromatic N) is 1. The molecule has 31 heavy (non-hydrogen) atoms. The molecule has 7 nitrogen and oxygen atoms in total. The van der Waals surface area contributed by atoms with Gasteiger partial charge in [-0.15, -0.1) is 0 Å². The van der Waals surface area contributed by atoms with Crippen LogP contribution in [0.4, 0.5) is 9.18 Å². The molecule has 1 heterocycles. The number of hydrogen-bond donors (Lipinski definition) is 1. The van der Waals surface area contributed by atoms with Crippen LogP contribution in [-0.4, -0.2) is 40.3 Å². The lowest BCUT2D eigenvalue weighted by molar-refractivity contribution is -0.144. The van der Waals surface area contributed by atoms with Gasteiger partial charge in [0.2, 0.25) is 0 Å². The van der Waals surface area contributed by atoms with Crippen LogP contribution in [0.5, 0.6) is 11.5 Å². The number of ether oxygens (including phenoxy) is 2. The highest BCUT2D eigenvalue weighted by Gasteiger charge is 2.36. The van der Waals surface area contributed by atoms with Crippen molar-refractivity contribution in [3.8, 4) is 11.5 Å². The Morgan fingerprint density at radius 3 is 2.68 bits per heavy atom. The smallest absolute Gasteiger partial charge is 0.344 e. The molecule has 10 heteroatoms. The fourth-order valence-electron chi connectivity index (χ4n) is 2.74. The third-order valence-corrected chi connectivity index (χ3v) is 5.65. The molecular weight excluding hydrogens is 449 g/mol. The number of benzene rings is 2. The SMILES string of the molecule is COc1cc(/C=C2/SC(=O)N(Cc3c(F)cccc3Cl)C2=O)ccc1OC(C)C(=O)O. The Bertz CT molecular complexity index is 1070. The molecule has 1 unspecified atom stereocenters. The maximum atomic E-state index is 14.0. The number of carbonyl (C=O) groups is 3. The number of aliphatic carboxylic acids is 1. The topological polar surface area (TPSA) is 93.1 Å². The molecule has 0 aromatic heterocycles. The second-order valence-corrected chi connectivity index (χ2v) is 7.88. The van der Waals surface area contributed by atoms with Crippen LogP contribution in [0.3, 0.4) is 0 Å². The molecule has 1 aliphatic rings. The Hall–Kier alpha value is -3.04. The van der Waals surface area contributed by atoms with E-state index in [1.165, 1.54) is 44.4 Å². The van der Waals surface area contributed by atoms with E-state index in [0.717, 1.165) is 16.7 Å². The zero-order valence-corrected chi connectivity index (χ0v) is 18.0. The van der Waals surface area contributed by atoms with Gasteiger partial charge < -0.3 is 14.6 Å². The van der Waals surface area contributed by atoms with Crippen molar-refractivity contribution < 1.29 is 33.4 Å². The highest BCUT2D eigenvalue weighted by molar-refractivity contribution is 8.18. The summed E-state index contributed by atoms with van der Waals surface area (Å²) in [7, 11) is 1.39. The van der Waals surface area contributed by atoms with Gasteiger partial charge in [-0.1, -0.05) is 23.7 Å². The maximum Gasteiger partial charge on any atom is 0.344 e. The van der Waals surface area contributed by atoms with E-state index in [9.17, 15) is 18.8 Å². The first-order valence-corrected chi connectivity index (χ1v) is 10.2. The summed E-state index contributed by atoms with van der Waals surface area (Å²) in [6.45, 7) is 1.10. The van der Waals surface area contributed by atoms with Crippen LogP contribution in [-0.2, 0) is 16.1 Å². The lowest BCUT2D eigenvalue weighted by Crippen LogP contribution is -2.28. The Labute approximate surface area is 186 Å². The number of rotatable bonds is 7. The number of carboxylic acids is 1. The molecule has 162 valence electrons. The number of thioether (sulfide) groups is 1. The first kappa shape index (κ1) is 22.6.